The molecule has 0 aliphatic carbocycles. The number of ether oxygens (including phenoxy) is 1. The van der Waals surface area contributed by atoms with Crippen LogP contribution in [-0.4, -0.2) is 23.6 Å². The van der Waals surface area contributed by atoms with Crippen molar-refractivity contribution in [1.29, 1.82) is 0 Å². The lowest BCUT2D eigenvalue weighted by atomic mass is 9.91. The summed E-state index contributed by atoms with van der Waals surface area (Å²) in [6, 6.07) is 6.12. The van der Waals surface area contributed by atoms with Gasteiger partial charge in [0.2, 0.25) is 0 Å². The van der Waals surface area contributed by atoms with Crippen molar-refractivity contribution in [1.82, 2.24) is 9.97 Å². The number of methoxy groups -OCH3 is 1. The van der Waals surface area contributed by atoms with Gasteiger partial charge < -0.3 is 10.5 Å². The summed E-state index contributed by atoms with van der Waals surface area (Å²) in [4.78, 5) is 8.26. The molecule has 19 heavy (non-hydrogen) atoms. The van der Waals surface area contributed by atoms with Crippen LogP contribution in [-0.2, 0) is 0 Å². The first-order valence-electron chi connectivity index (χ1n) is 6.28. The predicted molar refractivity (Wildman–Crippen MR) is 75.4 cm³/mol. The van der Waals surface area contributed by atoms with Gasteiger partial charge in [0.05, 0.1) is 12.8 Å². The number of aryl methyl sites for hydroxylation is 2. The molecule has 2 N–H and O–H groups in total. The molecule has 4 nitrogen and oxygen atoms in total. The fourth-order valence-corrected chi connectivity index (χ4v) is 2.44. The Bertz CT molecular complexity index is 555. The second-order valence-corrected chi connectivity index (χ2v) is 4.63. The van der Waals surface area contributed by atoms with E-state index in [1.807, 2.05) is 13.0 Å². The molecule has 1 aromatic heterocycles. The SMILES string of the molecule is COc1c(C)cc(C)cc1C(CN)c1ccncn1. The van der Waals surface area contributed by atoms with Crippen molar-refractivity contribution >= 4 is 0 Å². The van der Waals surface area contributed by atoms with Crippen molar-refractivity contribution in [2.75, 3.05) is 13.7 Å². The highest BCUT2D eigenvalue weighted by molar-refractivity contribution is 5.48. The first-order valence-corrected chi connectivity index (χ1v) is 6.28. The summed E-state index contributed by atoms with van der Waals surface area (Å²) in [5.74, 6) is 0.913. The van der Waals surface area contributed by atoms with Gasteiger partial charge in [0.25, 0.3) is 0 Å². The van der Waals surface area contributed by atoms with Crippen molar-refractivity contribution in [3.63, 3.8) is 0 Å². The molecule has 0 spiro atoms. The van der Waals surface area contributed by atoms with Crippen LogP contribution in [0.3, 0.4) is 0 Å². The van der Waals surface area contributed by atoms with Crippen LogP contribution in [0, 0.1) is 13.8 Å². The molecule has 2 rings (SSSR count). The van der Waals surface area contributed by atoms with Crippen LogP contribution in [0.4, 0.5) is 0 Å². The largest absolute Gasteiger partial charge is 0.496 e. The van der Waals surface area contributed by atoms with Gasteiger partial charge in [-0.25, -0.2) is 9.97 Å². The Morgan fingerprint density at radius 3 is 2.68 bits per heavy atom. The zero-order valence-electron chi connectivity index (χ0n) is 11.6. The summed E-state index contributed by atoms with van der Waals surface area (Å²) in [6.45, 7) is 4.60. The average molecular weight is 257 g/mol. The standard InChI is InChI=1S/C15H19N3O/c1-10-6-11(2)15(19-3)12(7-10)13(8-16)14-4-5-17-9-18-14/h4-7,9,13H,8,16H2,1-3H3. The highest BCUT2D eigenvalue weighted by Gasteiger charge is 2.19. The normalized spacial score (nSPS) is 12.2. The lowest BCUT2D eigenvalue weighted by Crippen LogP contribution is -2.16. The summed E-state index contributed by atoms with van der Waals surface area (Å²) in [6.07, 6.45) is 3.28. The average Bonchev–Trinajstić information content (AvgIpc) is 2.40. The van der Waals surface area contributed by atoms with Gasteiger partial charge in [-0.05, 0) is 25.5 Å². The first kappa shape index (κ1) is 13.5. The maximum absolute atomic E-state index is 5.94. The summed E-state index contributed by atoms with van der Waals surface area (Å²) < 4.78 is 5.54. The monoisotopic (exact) mass is 257 g/mol. The molecule has 4 heteroatoms. The van der Waals surface area contributed by atoms with Gasteiger partial charge in [-0.15, -0.1) is 0 Å². The Balaban J connectivity index is 2.55. The number of rotatable bonds is 4. The van der Waals surface area contributed by atoms with E-state index in [2.05, 4.69) is 29.0 Å². The molecule has 1 aromatic carbocycles. The van der Waals surface area contributed by atoms with Crippen LogP contribution < -0.4 is 10.5 Å². The Labute approximate surface area is 113 Å². The van der Waals surface area contributed by atoms with E-state index < -0.39 is 0 Å². The van der Waals surface area contributed by atoms with E-state index in [-0.39, 0.29) is 5.92 Å². The minimum Gasteiger partial charge on any atom is -0.496 e. The van der Waals surface area contributed by atoms with Crippen LogP contribution in [0.15, 0.2) is 30.7 Å². The summed E-state index contributed by atoms with van der Waals surface area (Å²) in [5.41, 5.74) is 10.3. The van der Waals surface area contributed by atoms with Crippen LogP contribution in [0.25, 0.3) is 0 Å². The molecule has 0 saturated heterocycles. The zero-order chi connectivity index (χ0) is 13.8. The molecule has 100 valence electrons. The molecule has 0 aliphatic rings. The first-order chi connectivity index (χ1) is 9.17. The van der Waals surface area contributed by atoms with Crippen LogP contribution in [0.1, 0.15) is 28.3 Å². The molecule has 0 amide bonds. The molecule has 0 aliphatic heterocycles. The number of benzene rings is 1. The van der Waals surface area contributed by atoms with Crippen LogP contribution in [0.2, 0.25) is 0 Å². The highest BCUT2D eigenvalue weighted by Crippen LogP contribution is 2.33. The lowest BCUT2D eigenvalue weighted by molar-refractivity contribution is 0.404. The third-order valence-electron chi connectivity index (χ3n) is 3.22. The second kappa shape index (κ2) is 5.80. The van der Waals surface area contributed by atoms with E-state index in [9.17, 15) is 0 Å². The van der Waals surface area contributed by atoms with Crippen molar-refractivity contribution < 1.29 is 4.74 Å². The molecule has 0 fully saturated rings. The Morgan fingerprint density at radius 2 is 2.11 bits per heavy atom. The molecular weight excluding hydrogens is 238 g/mol. The van der Waals surface area contributed by atoms with Gasteiger partial charge in [-0.2, -0.15) is 0 Å². The Morgan fingerprint density at radius 1 is 1.32 bits per heavy atom. The third-order valence-corrected chi connectivity index (χ3v) is 3.22. The number of aromatic nitrogens is 2. The molecule has 0 radical (unpaired) electrons. The fourth-order valence-electron chi connectivity index (χ4n) is 2.44. The molecule has 0 bridgehead atoms. The van der Waals surface area contributed by atoms with Crippen molar-refractivity contribution in [3.05, 3.63) is 53.1 Å². The second-order valence-electron chi connectivity index (χ2n) is 4.63. The highest BCUT2D eigenvalue weighted by atomic mass is 16.5. The Kier molecular flexibility index (Phi) is 4.12. The molecular formula is C15H19N3O. The van der Waals surface area contributed by atoms with Gasteiger partial charge in [0.1, 0.15) is 12.1 Å². The molecule has 1 heterocycles. The van der Waals surface area contributed by atoms with E-state index in [1.165, 1.54) is 5.56 Å². The van der Waals surface area contributed by atoms with E-state index in [4.69, 9.17) is 10.5 Å². The van der Waals surface area contributed by atoms with Gasteiger partial charge in [-0.3, -0.25) is 0 Å². The fraction of sp³-hybridized carbons (Fsp3) is 0.333. The lowest BCUT2D eigenvalue weighted by Gasteiger charge is -2.20. The van der Waals surface area contributed by atoms with Crippen molar-refractivity contribution in [2.24, 2.45) is 5.73 Å². The van der Waals surface area contributed by atoms with Crippen LogP contribution >= 0.6 is 0 Å². The number of hydrogen-bond acceptors (Lipinski definition) is 4. The van der Waals surface area contributed by atoms with Gasteiger partial charge >= 0.3 is 0 Å². The van der Waals surface area contributed by atoms with E-state index >= 15 is 0 Å². The minimum atomic E-state index is 0.0246. The topological polar surface area (TPSA) is 61.0 Å². The minimum absolute atomic E-state index is 0.0246. The van der Waals surface area contributed by atoms with E-state index in [0.717, 1.165) is 22.6 Å². The number of nitrogens with two attached hydrogens (primary N) is 1. The van der Waals surface area contributed by atoms with E-state index in [0.29, 0.717) is 6.54 Å². The van der Waals surface area contributed by atoms with Gasteiger partial charge in [-0.1, -0.05) is 17.7 Å². The van der Waals surface area contributed by atoms with Crippen molar-refractivity contribution in [2.45, 2.75) is 19.8 Å². The smallest absolute Gasteiger partial charge is 0.125 e. The van der Waals surface area contributed by atoms with Crippen LogP contribution in [0.5, 0.6) is 5.75 Å². The van der Waals surface area contributed by atoms with Crippen molar-refractivity contribution in [3.8, 4) is 5.75 Å². The maximum atomic E-state index is 5.94. The Hall–Kier alpha value is -1.94. The van der Waals surface area contributed by atoms with E-state index in [1.54, 1.807) is 19.6 Å². The number of nitrogens with zero attached hydrogens (tertiary/aromatic N) is 2. The molecule has 1 unspecified atom stereocenters. The summed E-state index contributed by atoms with van der Waals surface area (Å²) in [7, 11) is 1.69. The number of hydrogen-bond donors (Lipinski definition) is 1. The zero-order valence-corrected chi connectivity index (χ0v) is 11.6. The third kappa shape index (κ3) is 2.74. The summed E-state index contributed by atoms with van der Waals surface area (Å²) >= 11 is 0. The summed E-state index contributed by atoms with van der Waals surface area (Å²) in [5, 5.41) is 0. The maximum Gasteiger partial charge on any atom is 0.125 e. The van der Waals surface area contributed by atoms with Gasteiger partial charge in [0, 0.05) is 24.2 Å². The molecule has 0 saturated carbocycles. The van der Waals surface area contributed by atoms with Gasteiger partial charge in [0.15, 0.2) is 0 Å². The predicted octanol–water partition coefficient (Wildman–Crippen LogP) is 2.19. The molecule has 2 aromatic rings. The molecule has 1 atom stereocenters. The quantitative estimate of drug-likeness (QED) is 0.912.